The van der Waals surface area contributed by atoms with Crippen molar-refractivity contribution in [1.82, 2.24) is 0 Å². The van der Waals surface area contributed by atoms with Gasteiger partial charge in [0, 0.05) is 27.6 Å². The van der Waals surface area contributed by atoms with Gasteiger partial charge in [0.25, 0.3) is 0 Å². The Labute approximate surface area is 162 Å². The van der Waals surface area contributed by atoms with Crippen LogP contribution in [0.5, 0.6) is 11.5 Å². The van der Waals surface area contributed by atoms with Crippen LogP contribution in [0.15, 0.2) is 36.4 Å². The minimum atomic E-state index is -1.37. The Morgan fingerprint density at radius 1 is 0.846 bits per heavy atom. The van der Waals surface area contributed by atoms with E-state index in [0.29, 0.717) is 39.1 Å². The molecule has 0 unspecified atom stereocenters. The molecule has 0 radical (unpaired) electrons. The molecule has 1 heterocycles. The molecule has 2 aromatic rings. The lowest BCUT2D eigenvalue weighted by Crippen LogP contribution is -2.44. The molecule has 0 spiro atoms. The molecular formula is C20H18Cl2O4. The fraction of sp³-hybridized carbons (Fsp3) is 0.300. The van der Waals surface area contributed by atoms with E-state index in [1.165, 1.54) is 0 Å². The molecule has 2 aromatic carbocycles. The van der Waals surface area contributed by atoms with Gasteiger partial charge in [0.05, 0.1) is 0 Å². The number of hydrogen-bond donors (Lipinski definition) is 0. The van der Waals surface area contributed by atoms with Crippen LogP contribution < -0.4 is 9.47 Å². The lowest BCUT2D eigenvalue weighted by molar-refractivity contribution is -0.161. The highest BCUT2D eigenvalue weighted by Crippen LogP contribution is 2.37. The molecule has 0 amide bonds. The maximum absolute atomic E-state index is 12.9. The topological polar surface area (TPSA) is 52.6 Å². The number of halogens is 2. The predicted octanol–water partition coefficient (Wildman–Crippen LogP) is 5.22. The molecule has 0 atom stereocenters. The van der Waals surface area contributed by atoms with E-state index in [2.05, 4.69) is 0 Å². The van der Waals surface area contributed by atoms with Crippen molar-refractivity contribution >= 4 is 35.1 Å². The second kappa shape index (κ2) is 7.29. The van der Waals surface area contributed by atoms with E-state index in [-0.39, 0.29) is 12.8 Å². The third-order valence-electron chi connectivity index (χ3n) is 4.82. The summed E-state index contributed by atoms with van der Waals surface area (Å²) in [5.74, 6) is -0.473. The lowest BCUT2D eigenvalue weighted by Gasteiger charge is -2.28. The molecule has 136 valence electrons. The minimum absolute atomic E-state index is 0.271. The first-order valence-corrected chi connectivity index (χ1v) is 9.16. The Balaban J connectivity index is 2.21. The van der Waals surface area contributed by atoms with Crippen molar-refractivity contribution in [1.29, 1.82) is 0 Å². The summed E-state index contributed by atoms with van der Waals surface area (Å²) in [5, 5.41) is 1.05. The third-order valence-corrected chi connectivity index (χ3v) is 5.29. The third kappa shape index (κ3) is 3.31. The van der Waals surface area contributed by atoms with Crippen LogP contribution in [0.2, 0.25) is 10.0 Å². The molecule has 3 rings (SSSR count). The summed E-state index contributed by atoms with van der Waals surface area (Å²) in [6, 6.07) is 10.0. The molecule has 26 heavy (non-hydrogen) atoms. The highest BCUT2D eigenvalue weighted by atomic mass is 35.5. The first-order valence-electron chi connectivity index (χ1n) is 8.41. The normalized spacial score (nSPS) is 16.2. The second-order valence-electron chi connectivity index (χ2n) is 6.25. The van der Waals surface area contributed by atoms with Crippen LogP contribution in [0.4, 0.5) is 0 Å². The number of hydrogen-bond acceptors (Lipinski definition) is 4. The van der Waals surface area contributed by atoms with Crippen molar-refractivity contribution in [3.8, 4) is 11.5 Å². The Kier molecular flexibility index (Phi) is 5.26. The van der Waals surface area contributed by atoms with E-state index in [1.54, 1.807) is 50.2 Å². The number of esters is 2. The fourth-order valence-corrected chi connectivity index (χ4v) is 3.47. The zero-order valence-electron chi connectivity index (χ0n) is 14.5. The standard InChI is InChI=1S/C20H18Cl2O4/c1-3-20(4-2)18(23)25-16-7-5-14(21)10-12(16)9-13-11-15(22)6-8-17(13)26-19(20)24/h5-8,10-11H,3-4,9H2,1-2H3. The van der Waals surface area contributed by atoms with Gasteiger partial charge in [-0.05, 0) is 49.2 Å². The molecule has 0 saturated heterocycles. The highest BCUT2D eigenvalue weighted by Gasteiger charge is 2.47. The Bertz CT molecular complexity index is 805. The molecular weight excluding hydrogens is 375 g/mol. The van der Waals surface area contributed by atoms with Crippen molar-refractivity contribution in [2.45, 2.75) is 33.1 Å². The van der Waals surface area contributed by atoms with Gasteiger partial charge in [0.2, 0.25) is 0 Å². The summed E-state index contributed by atoms with van der Waals surface area (Å²) in [6.07, 6.45) is 0.900. The van der Waals surface area contributed by atoms with E-state index < -0.39 is 17.4 Å². The molecule has 1 aliphatic heterocycles. The van der Waals surface area contributed by atoms with E-state index in [0.717, 1.165) is 0 Å². The quantitative estimate of drug-likeness (QED) is 0.399. The fourth-order valence-electron chi connectivity index (χ4n) is 3.08. The minimum Gasteiger partial charge on any atom is -0.425 e. The molecule has 4 nitrogen and oxygen atoms in total. The average molecular weight is 393 g/mol. The predicted molar refractivity (Wildman–Crippen MR) is 100.0 cm³/mol. The first-order chi connectivity index (χ1) is 12.4. The number of rotatable bonds is 2. The SMILES string of the molecule is CCC1(CC)C(=O)Oc2ccc(Cl)cc2Cc2cc(Cl)ccc2OC1=O. The summed E-state index contributed by atoms with van der Waals surface area (Å²) >= 11 is 12.2. The average Bonchev–Trinajstić information content (AvgIpc) is 2.60. The Morgan fingerprint density at radius 2 is 1.27 bits per heavy atom. The van der Waals surface area contributed by atoms with Gasteiger partial charge in [-0.3, -0.25) is 9.59 Å². The molecule has 0 aromatic heterocycles. The number of benzene rings is 2. The van der Waals surface area contributed by atoms with Gasteiger partial charge in [-0.25, -0.2) is 0 Å². The summed E-state index contributed by atoms with van der Waals surface area (Å²) in [5.41, 5.74) is 0.0624. The van der Waals surface area contributed by atoms with Gasteiger partial charge in [-0.1, -0.05) is 37.0 Å². The van der Waals surface area contributed by atoms with Crippen LogP contribution in [0.25, 0.3) is 0 Å². The van der Waals surface area contributed by atoms with Crippen molar-refractivity contribution in [3.05, 3.63) is 57.6 Å². The smallest absolute Gasteiger partial charge is 0.328 e. The van der Waals surface area contributed by atoms with E-state index in [4.69, 9.17) is 32.7 Å². The van der Waals surface area contributed by atoms with E-state index in [9.17, 15) is 9.59 Å². The number of carbonyl (C=O) groups excluding carboxylic acids is 2. The summed E-state index contributed by atoms with van der Waals surface area (Å²) in [4.78, 5) is 25.7. The zero-order chi connectivity index (χ0) is 18.9. The van der Waals surface area contributed by atoms with Gasteiger partial charge in [-0.2, -0.15) is 0 Å². The largest absolute Gasteiger partial charge is 0.425 e. The van der Waals surface area contributed by atoms with E-state index in [1.807, 2.05) is 0 Å². The number of ether oxygens (including phenoxy) is 2. The molecule has 0 aliphatic carbocycles. The van der Waals surface area contributed by atoms with Crippen LogP contribution in [0, 0.1) is 5.41 Å². The maximum atomic E-state index is 12.9. The lowest BCUT2D eigenvalue weighted by atomic mass is 9.82. The van der Waals surface area contributed by atoms with Crippen molar-refractivity contribution in [2.75, 3.05) is 0 Å². The summed E-state index contributed by atoms with van der Waals surface area (Å²) in [7, 11) is 0. The molecule has 0 fully saturated rings. The second-order valence-corrected chi connectivity index (χ2v) is 7.12. The molecule has 1 aliphatic rings. The molecule has 0 saturated carbocycles. The van der Waals surface area contributed by atoms with Gasteiger partial charge < -0.3 is 9.47 Å². The van der Waals surface area contributed by atoms with Crippen LogP contribution in [0.3, 0.4) is 0 Å². The van der Waals surface area contributed by atoms with Crippen LogP contribution in [0.1, 0.15) is 37.8 Å². The van der Waals surface area contributed by atoms with Gasteiger partial charge in [0.1, 0.15) is 11.5 Å². The van der Waals surface area contributed by atoms with Crippen molar-refractivity contribution in [3.63, 3.8) is 0 Å². The van der Waals surface area contributed by atoms with Crippen LogP contribution in [-0.4, -0.2) is 11.9 Å². The first kappa shape index (κ1) is 18.7. The molecule has 6 heteroatoms. The number of fused-ring (bicyclic) bond motifs is 2. The number of carbonyl (C=O) groups is 2. The summed E-state index contributed by atoms with van der Waals surface area (Å²) < 4.78 is 11.2. The summed E-state index contributed by atoms with van der Waals surface area (Å²) in [6.45, 7) is 3.53. The zero-order valence-corrected chi connectivity index (χ0v) is 16.0. The van der Waals surface area contributed by atoms with E-state index >= 15 is 0 Å². The molecule has 0 N–H and O–H groups in total. The van der Waals surface area contributed by atoms with Gasteiger partial charge >= 0.3 is 11.9 Å². The van der Waals surface area contributed by atoms with Gasteiger partial charge in [0.15, 0.2) is 5.41 Å². The van der Waals surface area contributed by atoms with Crippen LogP contribution in [-0.2, 0) is 16.0 Å². The van der Waals surface area contributed by atoms with Gasteiger partial charge in [-0.15, -0.1) is 0 Å². The highest BCUT2D eigenvalue weighted by molar-refractivity contribution is 6.31. The Morgan fingerprint density at radius 3 is 1.65 bits per heavy atom. The monoisotopic (exact) mass is 392 g/mol. The molecule has 0 bridgehead atoms. The Hall–Kier alpha value is -2.04. The van der Waals surface area contributed by atoms with Crippen molar-refractivity contribution in [2.24, 2.45) is 5.41 Å². The van der Waals surface area contributed by atoms with Crippen LogP contribution >= 0.6 is 23.2 Å². The maximum Gasteiger partial charge on any atom is 0.328 e. The van der Waals surface area contributed by atoms with Crippen molar-refractivity contribution < 1.29 is 19.1 Å².